The minimum absolute atomic E-state index is 0.753. The third-order valence-corrected chi connectivity index (χ3v) is 8.62. The number of fused-ring (bicyclic) bond motifs is 7. The van der Waals surface area contributed by atoms with E-state index in [9.17, 15) is 0 Å². The number of furan rings is 2. The van der Waals surface area contributed by atoms with Gasteiger partial charge in [-0.1, -0.05) is 115 Å². The van der Waals surface area contributed by atoms with Crippen molar-refractivity contribution < 1.29 is 8.83 Å². The fourth-order valence-electron chi connectivity index (χ4n) is 6.56. The lowest BCUT2D eigenvalue weighted by Gasteiger charge is -2.27. The number of benzene rings is 7. The number of hydrogen-bond acceptors (Lipinski definition) is 3. The SMILES string of the molecule is c1ccc(-c2cc(-c3ccccc3)cc(N(c3ccccc3)c3cc4c5ccccc5oc4c4oc5ccccc5c34)c2)cc1. The average molecular weight is 578 g/mol. The van der Waals surface area contributed by atoms with E-state index in [1.807, 2.05) is 24.3 Å². The first-order chi connectivity index (χ1) is 22.3. The molecule has 7 aromatic carbocycles. The van der Waals surface area contributed by atoms with Crippen LogP contribution in [0.3, 0.4) is 0 Å². The molecule has 0 N–H and O–H groups in total. The molecule has 0 radical (unpaired) electrons. The first-order valence-corrected chi connectivity index (χ1v) is 15.2. The van der Waals surface area contributed by atoms with Gasteiger partial charge in [-0.3, -0.25) is 0 Å². The van der Waals surface area contributed by atoms with E-state index in [1.165, 1.54) is 11.1 Å². The van der Waals surface area contributed by atoms with E-state index in [1.54, 1.807) is 0 Å². The predicted octanol–water partition coefficient (Wildman–Crippen LogP) is 12.3. The first-order valence-electron chi connectivity index (χ1n) is 15.2. The number of rotatable bonds is 5. The molecule has 0 unspecified atom stereocenters. The number of nitrogens with zero attached hydrogens (tertiary/aromatic N) is 1. The Balaban J connectivity index is 1.42. The van der Waals surface area contributed by atoms with Crippen molar-refractivity contribution in [2.45, 2.75) is 0 Å². The molecule has 0 amide bonds. The van der Waals surface area contributed by atoms with E-state index in [0.29, 0.717) is 0 Å². The summed E-state index contributed by atoms with van der Waals surface area (Å²) in [4.78, 5) is 2.37. The minimum Gasteiger partial charge on any atom is -0.452 e. The third-order valence-electron chi connectivity index (χ3n) is 8.62. The Morgan fingerprint density at radius 3 is 1.51 bits per heavy atom. The Bertz CT molecular complexity index is 2420. The Kier molecular flexibility index (Phi) is 5.82. The van der Waals surface area contributed by atoms with Crippen molar-refractivity contribution in [1.29, 1.82) is 0 Å². The van der Waals surface area contributed by atoms with Crippen LogP contribution in [0, 0.1) is 0 Å². The molecule has 3 heteroatoms. The smallest absolute Gasteiger partial charge is 0.180 e. The number of para-hydroxylation sites is 3. The van der Waals surface area contributed by atoms with Gasteiger partial charge in [0, 0.05) is 27.5 Å². The van der Waals surface area contributed by atoms with Crippen molar-refractivity contribution in [2.24, 2.45) is 0 Å². The third kappa shape index (κ3) is 4.21. The van der Waals surface area contributed by atoms with Crippen molar-refractivity contribution in [3.8, 4) is 22.3 Å². The molecule has 45 heavy (non-hydrogen) atoms. The molecular formula is C42H27NO2. The van der Waals surface area contributed by atoms with Gasteiger partial charge in [0.25, 0.3) is 0 Å². The van der Waals surface area contributed by atoms with Gasteiger partial charge in [0.15, 0.2) is 11.2 Å². The van der Waals surface area contributed by atoms with Crippen LogP contribution >= 0.6 is 0 Å². The van der Waals surface area contributed by atoms with Gasteiger partial charge < -0.3 is 13.7 Å². The zero-order chi connectivity index (χ0) is 29.7. The van der Waals surface area contributed by atoms with Crippen LogP contribution in [0.2, 0.25) is 0 Å². The summed E-state index contributed by atoms with van der Waals surface area (Å²) in [5, 5.41) is 4.16. The van der Waals surface area contributed by atoms with Crippen molar-refractivity contribution in [1.82, 2.24) is 0 Å². The summed E-state index contributed by atoms with van der Waals surface area (Å²) in [6, 6.07) is 57.4. The summed E-state index contributed by atoms with van der Waals surface area (Å²) in [6.45, 7) is 0. The zero-order valence-corrected chi connectivity index (χ0v) is 24.4. The number of anilines is 3. The summed E-state index contributed by atoms with van der Waals surface area (Å²) in [5.74, 6) is 0. The second-order valence-corrected chi connectivity index (χ2v) is 11.3. The topological polar surface area (TPSA) is 29.5 Å². The summed E-state index contributed by atoms with van der Waals surface area (Å²) in [6.07, 6.45) is 0. The van der Waals surface area contributed by atoms with E-state index >= 15 is 0 Å². The highest BCUT2D eigenvalue weighted by Gasteiger charge is 2.25. The Morgan fingerprint density at radius 1 is 0.356 bits per heavy atom. The molecule has 0 aliphatic heterocycles. The standard InChI is InChI=1S/C42H27NO2/c1-4-14-28(15-5-1)30-24-31(29-16-6-2-7-17-29)26-33(25-30)43(32-18-8-3-9-19-32)37-27-36-34-20-10-12-22-38(34)44-41(36)42-40(37)35-21-11-13-23-39(35)45-42/h1-27H. The zero-order valence-electron chi connectivity index (χ0n) is 24.4. The van der Waals surface area contributed by atoms with Gasteiger partial charge in [-0.25, -0.2) is 0 Å². The van der Waals surface area contributed by atoms with Crippen LogP contribution in [-0.2, 0) is 0 Å². The van der Waals surface area contributed by atoms with Crippen LogP contribution in [0.5, 0.6) is 0 Å². The van der Waals surface area contributed by atoms with Crippen molar-refractivity contribution >= 4 is 60.9 Å². The molecular weight excluding hydrogens is 550 g/mol. The summed E-state index contributed by atoms with van der Waals surface area (Å²) < 4.78 is 13.1. The molecule has 3 nitrogen and oxygen atoms in total. The summed E-state index contributed by atoms with van der Waals surface area (Å²) >= 11 is 0. The predicted molar refractivity (Wildman–Crippen MR) is 187 cm³/mol. The maximum atomic E-state index is 6.62. The van der Waals surface area contributed by atoms with E-state index in [0.717, 1.165) is 72.1 Å². The van der Waals surface area contributed by atoms with Gasteiger partial charge in [-0.05, 0) is 70.8 Å². The summed E-state index contributed by atoms with van der Waals surface area (Å²) in [5.41, 5.74) is 11.0. The molecule has 212 valence electrons. The van der Waals surface area contributed by atoms with Gasteiger partial charge in [-0.2, -0.15) is 0 Å². The van der Waals surface area contributed by atoms with Crippen molar-refractivity contribution in [3.63, 3.8) is 0 Å². The van der Waals surface area contributed by atoms with Crippen LogP contribution in [0.1, 0.15) is 0 Å². The van der Waals surface area contributed by atoms with Gasteiger partial charge >= 0.3 is 0 Å². The van der Waals surface area contributed by atoms with E-state index in [-0.39, 0.29) is 0 Å². The molecule has 0 aliphatic carbocycles. The quantitative estimate of drug-likeness (QED) is 0.204. The van der Waals surface area contributed by atoms with Gasteiger partial charge in [0.05, 0.1) is 11.1 Å². The Morgan fingerprint density at radius 2 is 0.867 bits per heavy atom. The fourth-order valence-corrected chi connectivity index (χ4v) is 6.56. The normalized spacial score (nSPS) is 11.6. The summed E-state index contributed by atoms with van der Waals surface area (Å²) in [7, 11) is 0. The van der Waals surface area contributed by atoms with Gasteiger partial charge in [0.1, 0.15) is 11.2 Å². The lowest BCUT2D eigenvalue weighted by atomic mass is 9.97. The lowest BCUT2D eigenvalue weighted by molar-refractivity contribution is 0.633. The number of hydrogen-bond donors (Lipinski definition) is 0. The molecule has 0 spiro atoms. The first kappa shape index (κ1) is 25.4. The largest absolute Gasteiger partial charge is 0.452 e. The highest BCUT2D eigenvalue weighted by Crippen LogP contribution is 2.48. The Hall–Kier alpha value is -6.06. The van der Waals surface area contributed by atoms with Crippen LogP contribution in [0.15, 0.2) is 173 Å². The second kappa shape index (κ2) is 10.3. The molecule has 0 atom stereocenters. The van der Waals surface area contributed by atoms with Crippen LogP contribution in [-0.4, -0.2) is 0 Å². The van der Waals surface area contributed by atoms with E-state index in [4.69, 9.17) is 8.83 Å². The van der Waals surface area contributed by atoms with E-state index in [2.05, 4.69) is 144 Å². The van der Waals surface area contributed by atoms with Crippen LogP contribution in [0.4, 0.5) is 17.1 Å². The highest BCUT2D eigenvalue weighted by atomic mass is 16.4. The van der Waals surface area contributed by atoms with Crippen LogP contribution < -0.4 is 4.90 Å². The van der Waals surface area contributed by atoms with E-state index < -0.39 is 0 Å². The van der Waals surface area contributed by atoms with Crippen molar-refractivity contribution in [2.75, 3.05) is 4.90 Å². The molecule has 0 fully saturated rings. The fraction of sp³-hybridized carbons (Fsp3) is 0. The van der Waals surface area contributed by atoms with Gasteiger partial charge in [-0.15, -0.1) is 0 Å². The monoisotopic (exact) mass is 577 g/mol. The maximum absolute atomic E-state index is 6.62. The average Bonchev–Trinajstić information content (AvgIpc) is 3.69. The molecule has 0 aliphatic rings. The molecule has 2 heterocycles. The molecule has 9 aromatic rings. The van der Waals surface area contributed by atoms with Crippen LogP contribution in [0.25, 0.3) is 66.1 Å². The second-order valence-electron chi connectivity index (χ2n) is 11.3. The Labute approximate surface area is 260 Å². The molecule has 2 aromatic heterocycles. The molecule has 0 saturated carbocycles. The molecule has 9 rings (SSSR count). The molecule has 0 saturated heterocycles. The highest BCUT2D eigenvalue weighted by molar-refractivity contribution is 6.24. The van der Waals surface area contributed by atoms with Gasteiger partial charge in [0.2, 0.25) is 0 Å². The minimum atomic E-state index is 0.753. The molecule has 0 bridgehead atoms. The van der Waals surface area contributed by atoms with Crippen molar-refractivity contribution in [3.05, 3.63) is 164 Å². The maximum Gasteiger partial charge on any atom is 0.180 e. The lowest BCUT2D eigenvalue weighted by Crippen LogP contribution is -2.10.